The number of hydrogen-bond donors (Lipinski definition) is 3. The topological polar surface area (TPSA) is 84.5 Å². The monoisotopic (exact) mass is 374 g/mol. The summed E-state index contributed by atoms with van der Waals surface area (Å²) in [6, 6.07) is 8.34. The van der Waals surface area contributed by atoms with Crippen molar-refractivity contribution >= 4 is 44.7 Å². The SMILES string of the molecule is COc1ccc(Cl)cc1C(=O)NCCc1ccc(N[SH](=O)=O)s1. The van der Waals surface area contributed by atoms with Gasteiger partial charge >= 0.3 is 0 Å². The van der Waals surface area contributed by atoms with Gasteiger partial charge in [0.1, 0.15) is 10.8 Å². The highest BCUT2D eigenvalue weighted by atomic mass is 35.5. The van der Waals surface area contributed by atoms with Crippen LogP contribution in [-0.4, -0.2) is 28.0 Å². The van der Waals surface area contributed by atoms with Crippen molar-refractivity contribution in [3.05, 3.63) is 45.8 Å². The van der Waals surface area contributed by atoms with E-state index in [2.05, 4.69) is 10.0 Å². The highest BCUT2D eigenvalue weighted by Crippen LogP contribution is 2.23. The molecule has 0 unspecified atom stereocenters. The van der Waals surface area contributed by atoms with Gasteiger partial charge in [0.05, 0.1) is 12.7 Å². The molecule has 0 fully saturated rings. The molecule has 0 saturated carbocycles. The van der Waals surface area contributed by atoms with E-state index in [0.29, 0.717) is 34.3 Å². The van der Waals surface area contributed by atoms with E-state index in [1.54, 1.807) is 24.3 Å². The standard InChI is InChI=1S/C14H15ClN2O4S2/c1-21-12-4-2-9(15)8-11(12)14(18)16-7-6-10-3-5-13(22-10)17-23(19)20/h2-5,8,23H,6-7H2,1H3,(H,16,18)(H,17,19,20). The lowest BCUT2D eigenvalue weighted by molar-refractivity contribution is 0.0951. The van der Waals surface area contributed by atoms with E-state index in [0.717, 1.165) is 4.88 Å². The number of anilines is 1. The number of hydrogen-bond acceptors (Lipinski definition) is 5. The summed E-state index contributed by atoms with van der Waals surface area (Å²) in [6.07, 6.45) is 0.594. The molecule has 2 aromatic rings. The second-order valence-electron chi connectivity index (χ2n) is 4.49. The van der Waals surface area contributed by atoms with Crippen molar-refractivity contribution in [2.24, 2.45) is 0 Å². The Balaban J connectivity index is 1.92. The summed E-state index contributed by atoms with van der Waals surface area (Å²) in [5, 5.41) is 3.80. The molecule has 0 spiro atoms. The summed E-state index contributed by atoms with van der Waals surface area (Å²) in [5.41, 5.74) is 0.372. The zero-order chi connectivity index (χ0) is 16.8. The van der Waals surface area contributed by atoms with Gasteiger partial charge in [-0.1, -0.05) is 11.6 Å². The first kappa shape index (κ1) is 17.6. The lowest BCUT2D eigenvalue weighted by atomic mass is 10.2. The second kappa shape index (κ2) is 8.19. The van der Waals surface area contributed by atoms with Gasteiger partial charge in [-0.25, -0.2) is 8.42 Å². The number of thiol groups is 1. The van der Waals surface area contributed by atoms with Gasteiger partial charge in [0.15, 0.2) is 0 Å². The van der Waals surface area contributed by atoms with Crippen LogP contribution in [0, 0.1) is 0 Å². The largest absolute Gasteiger partial charge is 0.496 e. The van der Waals surface area contributed by atoms with Crippen LogP contribution in [0.5, 0.6) is 5.75 Å². The van der Waals surface area contributed by atoms with Crippen LogP contribution in [0.15, 0.2) is 30.3 Å². The van der Waals surface area contributed by atoms with Crippen LogP contribution in [-0.2, 0) is 17.3 Å². The third-order valence-electron chi connectivity index (χ3n) is 2.93. The Morgan fingerprint density at radius 2 is 2.09 bits per heavy atom. The average molecular weight is 375 g/mol. The highest BCUT2D eigenvalue weighted by Gasteiger charge is 2.12. The molecule has 0 aliphatic rings. The first-order valence-electron chi connectivity index (χ1n) is 6.61. The minimum Gasteiger partial charge on any atom is -0.496 e. The van der Waals surface area contributed by atoms with Gasteiger partial charge in [-0.2, -0.15) is 0 Å². The molecule has 0 radical (unpaired) electrons. The van der Waals surface area contributed by atoms with Crippen LogP contribution in [0.25, 0.3) is 0 Å². The maximum absolute atomic E-state index is 12.2. The molecular weight excluding hydrogens is 360 g/mol. The Kier molecular flexibility index (Phi) is 6.26. The molecule has 2 rings (SSSR count). The summed E-state index contributed by atoms with van der Waals surface area (Å²) < 4.78 is 28.6. The molecule has 9 heteroatoms. The second-order valence-corrected chi connectivity index (χ2v) is 6.83. The summed E-state index contributed by atoms with van der Waals surface area (Å²) in [6.45, 7) is 0.415. The molecule has 1 aromatic carbocycles. The number of nitrogens with one attached hydrogen (secondary N) is 2. The van der Waals surface area contributed by atoms with Crippen LogP contribution in [0.1, 0.15) is 15.2 Å². The van der Waals surface area contributed by atoms with E-state index < -0.39 is 10.9 Å². The quantitative estimate of drug-likeness (QED) is 0.649. The molecule has 0 bridgehead atoms. The van der Waals surface area contributed by atoms with E-state index in [-0.39, 0.29) is 5.91 Å². The summed E-state index contributed by atoms with van der Waals surface area (Å²) >= 11 is 7.23. The molecule has 124 valence electrons. The number of carbonyl (C=O) groups is 1. The van der Waals surface area contributed by atoms with Gasteiger partial charge in [0.25, 0.3) is 5.91 Å². The van der Waals surface area contributed by atoms with Crippen molar-refractivity contribution in [3.8, 4) is 5.75 Å². The zero-order valence-corrected chi connectivity index (χ0v) is 14.6. The molecule has 0 aliphatic carbocycles. The van der Waals surface area contributed by atoms with Crippen molar-refractivity contribution in [3.63, 3.8) is 0 Å². The van der Waals surface area contributed by atoms with Crippen LogP contribution < -0.4 is 14.8 Å². The van der Waals surface area contributed by atoms with Crippen molar-refractivity contribution in [1.29, 1.82) is 0 Å². The van der Waals surface area contributed by atoms with Crippen molar-refractivity contribution < 1.29 is 17.9 Å². The van der Waals surface area contributed by atoms with E-state index in [1.807, 2.05) is 6.07 Å². The van der Waals surface area contributed by atoms with Gasteiger partial charge < -0.3 is 10.1 Å². The number of thiophene rings is 1. The normalized spacial score (nSPS) is 10.6. The van der Waals surface area contributed by atoms with E-state index in [1.165, 1.54) is 18.4 Å². The number of benzene rings is 1. The average Bonchev–Trinajstić information content (AvgIpc) is 2.93. The maximum Gasteiger partial charge on any atom is 0.255 e. The van der Waals surface area contributed by atoms with E-state index in [4.69, 9.17) is 16.3 Å². The molecule has 1 amide bonds. The van der Waals surface area contributed by atoms with Crippen molar-refractivity contribution in [2.45, 2.75) is 6.42 Å². The van der Waals surface area contributed by atoms with Crippen LogP contribution >= 0.6 is 22.9 Å². The number of halogens is 1. The molecular formula is C14H15ClN2O4S2. The van der Waals surface area contributed by atoms with E-state index >= 15 is 0 Å². The van der Waals surface area contributed by atoms with E-state index in [9.17, 15) is 13.2 Å². The van der Waals surface area contributed by atoms with Crippen molar-refractivity contribution in [1.82, 2.24) is 5.32 Å². The molecule has 0 saturated heterocycles. The lowest BCUT2D eigenvalue weighted by Gasteiger charge is -2.09. The van der Waals surface area contributed by atoms with Gasteiger partial charge in [-0.3, -0.25) is 9.52 Å². The predicted octanol–water partition coefficient (Wildman–Crippen LogP) is 2.32. The van der Waals surface area contributed by atoms with Gasteiger partial charge in [-0.05, 0) is 36.8 Å². The van der Waals surface area contributed by atoms with Gasteiger partial charge in [-0.15, -0.1) is 11.3 Å². The third-order valence-corrected chi connectivity index (χ3v) is 4.80. The number of methoxy groups -OCH3 is 1. The first-order valence-corrected chi connectivity index (χ1v) is 8.98. The van der Waals surface area contributed by atoms with Crippen LogP contribution in [0.4, 0.5) is 5.00 Å². The molecule has 1 heterocycles. The first-order chi connectivity index (χ1) is 11.0. The molecule has 0 atom stereocenters. The number of amides is 1. The maximum atomic E-state index is 12.2. The summed E-state index contributed by atoms with van der Waals surface area (Å²) in [5.74, 6) is 0.177. The van der Waals surface area contributed by atoms with Crippen LogP contribution in [0.3, 0.4) is 0 Å². The fourth-order valence-electron chi connectivity index (χ4n) is 1.91. The number of carbonyl (C=O) groups excluding carboxylic acids is 1. The van der Waals surface area contributed by atoms with Crippen molar-refractivity contribution in [2.75, 3.05) is 18.4 Å². The fourth-order valence-corrected chi connectivity index (χ4v) is 3.51. The fraction of sp³-hybridized carbons (Fsp3) is 0.214. The van der Waals surface area contributed by atoms with Gasteiger partial charge in [0, 0.05) is 16.4 Å². The molecule has 2 N–H and O–H groups in total. The third kappa shape index (κ3) is 5.12. The lowest BCUT2D eigenvalue weighted by Crippen LogP contribution is -2.26. The molecule has 1 aromatic heterocycles. The Morgan fingerprint density at radius 3 is 2.78 bits per heavy atom. The smallest absolute Gasteiger partial charge is 0.255 e. The minimum atomic E-state index is -2.66. The molecule has 6 nitrogen and oxygen atoms in total. The minimum absolute atomic E-state index is 0.276. The predicted molar refractivity (Wildman–Crippen MR) is 92.3 cm³/mol. The Bertz CT molecular complexity index is 766. The Morgan fingerprint density at radius 1 is 1.30 bits per heavy atom. The summed E-state index contributed by atoms with van der Waals surface area (Å²) in [7, 11) is -1.17. The van der Waals surface area contributed by atoms with Crippen LogP contribution in [0.2, 0.25) is 5.02 Å². The molecule has 23 heavy (non-hydrogen) atoms. The Labute approximate surface area is 144 Å². The highest BCUT2D eigenvalue weighted by molar-refractivity contribution is 7.74. The summed E-state index contributed by atoms with van der Waals surface area (Å²) in [4.78, 5) is 13.1. The van der Waals surface area contributed by atoms with Gasteiger partial charge in [0.2, 0.25) is 10.9 Å². The number of ether oxygens (including phenoxy) is 1. The Hall–Kier alpha value is -1.77. The number of rotatable bonds is 7. The molecule has 0 aliphatic heterocycles. The zero-order valence-electron chi connectivity index (χ0n) is 12.2.